The summed E-state index contributed by atoms with van der Waals surface area (Å²) in [6, 6.07) is 0. The minimum atomic E-state index is 0.522. The van der Waals surface area contributed by atoms with E-state index in [2.05, 4.69) is 24.9 Å². The summed E-state index contributed by atoms with van der Waals surface area (Å²) in [4.78, 5) is 4.47. The maximum Gasteiger partial charge on any atom is 0.149 e. The van der Waals surface area contributed by atoms with Crippen LogP contribution in [-0.4, -0.2) is 19.6 Å². The van der Waals surface area contributed by atoms with Crippen molar-refractivity contribution >= 4 is 33.7 Å². The van der Waals surface area contributed by atoms with E-state index in [1.165, 1.54) is 11.5 Å². The molecule has 0 saturated heterocycles. The lowest BCUT2D eigenvalue weighted by Gasteiger charge is -2.03. The quantitative estimate of drug-likeness (QED) is 0.687. The molecule has 3 heterocycles. The van der Waals surface area contributed by atoms with Crippen LogP contribution in [0.25, 0.3) is 10.6 Å². The lowest BCUT2D eigenvalue weighted by atomic mass is 10.3. The van der Waals surface area contributed by atoms with Crippen molar-refractivity contribution in [1.29, 1.82) is 0 Å². The molecule has 0 aliphatic heterocycles. The fraction of sp³-hybridized carbons (Fsp3) is 0.182. The number of nitrogens with one attached hydrogen (secondary N) is 2. The van der Waals surface area contributed by atoms with Crippen LogP contribution in [0.2, 0.25) is 0 Å². The summed E-state index contributed by atoms with van der Waals surface area (Å²) in [6.45, 7) is 2.64. The van der Waals surface area contributed by atoms with Gasteiger partial charge in [0.25, 0.3) is 0 Å². The summed E-state index contributed by atoms with van der Waals surface area (Å²) in [5.74, 6) is 0.522. The van der Waals surface area contributed by atoms with Gasteiger partial charge in [0.2, 0.25) is 0 Å². The number of aryl methyl sites for hydroxylation is 1. The first kappa shape index (κ1) is 12.1. The number of nitrogens with zero attached hydrogens (tertiary/aromatic N) is 3. The van der Waals surface area contributed by atoms with Crippen molar-refractivity contribution in [2.24, 2.45) is 0 Å². The first-order chi connectivity index (χ1) is 9.24. The first-order valence-corrected chi connectivity index (χ1v) is 7.28. The van der Waals surface area contributed by atoms with E-state index in [0.717, 1.165) is 26.8 Å². The summed E-state index contributed by atoms with van der Waals surface area (Å²) >= 11 is 2.93. The van der Waals surface area contributed by atoms with Gasteiger partial charge in [0.1, 0.15) is 15.8 Å². The number of thiazole rings is 1. The van der Waals surface area contributed by atoms with E-state index in [-0.39, 0.29) is 0 Å². The molecule has 4 N–H and O–H groups in total. The topological polar surface area (TPSA) is 92.5 Å². The van der Waals surface area contributed by atoms with Gasteiger partial charge < -0.3 is 11.1 Å². The van der Waals surface area contributed by atoms with E-state index in [4.69, 9.17) is 5.73 Å². The highest BCUT2D eigenvalue weighted by atomic mass is 32.1. The average Bonchev–Trinajstić information content (AvgIpc) is 3.08. The number of nitrogens with two attached hydrogens (primary N) is 1. The van der Waals surface area contributed by atoms with Gasteiger partial charge in [-0.2, -0.15) is 9.47 Å². The molecule has 0 radical (unpaired) electrons. The van der Waals surface area contributed by atoms with Crippen LogP contribution in [0.15, 0.2) is 17.8 Å². The molecule has 0 atom stereocenters. The van der Waals surface area contributed by atoms with Gasteiger partial charge in [0.05, 0.1) is 11.8 Å². The van der Waals surface area contributed by atoms with Gasteiger partial charge in [-0.3, -0.25) is 5.10 Å². The number of hydrogen-bond donors (Lipinski definition) is 3. The number of aromatic amines is 1. The fourth-order valence-corrected chi connectivity index (χ4v) is 3.29. The largest absolute Gasteiger partial charge is 0.382 e. The Morgan fingerprint density at radius 2 is 2.37 bits per heavy atom. The second-order valence-electron chi connectivity index (χ2n) is 4.03. The van der Waals surface area contributed by atoms with Crippen molar-refractivity contribution in [3.63, 3.8) is 0 Å². The molecular formula is C11H12N6S2. The zero-order valence-corrected chi connectivity index (χ0v) is 11.8. The van der Waals surface area contributed by atoms with Crippen molar-refractivity contribution in [2.45, 2.75) is 13.5 Å². The Morgan fingerprint density at radius 1 is 1.47 bits per heavy atom. The molecule has 0 aromatic carbocycles. The Labute approximate surface area is 117 Å². The van der Waals surface area contributed by atoms with Crippen LogP contribution in [0.4, 0.5) is 10.8 Å². The van der Waals surface area contributed by atoms with E-state index in [0.29, 0.717) is 12.4 Å². The Morgan fingerprint density at radius 3 is 3.05 bits per heavy atom. The van der Waals surface area contributed by atoms with Crippen molar-refractivity contribution in [3.8, 4) is 10.6 Å². The predicted molar refractivity (Wildman–Crippen MR) is 78.3 cm³/mol. The van der Waals surface area contributed by atoms with Crippen molar-refractivity contribution in [3.05, 3.63) is 29.0 Å². The lowest BCUT2D eigenvalue weighted by molar-refractivity contribution is 1.09. The van der Waals surface area contributed by atoms with Crippen molar-refractivity contribution in [1.82, 2.24) is 19.6 Å². The number of aromatic nitrogens is 4. The molecule has 0 aliphatic rings. The summed E-state index contributed by atoms with van der Waals surface area (Å²) in [6.07, 6.45) is 3.63. The molecule has 0 fully saturated rings. The third-order valence-electron chi connectivity index (χ3n) is 2.56. The lowest BCUT2D eigenvalue weighted by Crippen LogP contribution is -1.98. The standard InChI is InChI=1S/C11H12N6S2/c1-6-5-18-11(16-6)8-9(12)17-19-10(8)13-2-7-3-14-15-4-7/h3-5,13H,2H2,1H3,(H2,12,17)(H,14,15). The molecule has 0 unspecified atom stereocenters. The molecule has 0 spiro atoms. The van der Waals surface area contributed by atoms with E-state index < -0.39 is 0 Å². The molecule has 3 aromatic rings. The molecule has 8 heteroatoms. The maximum absolute atomic E-state index is 5.94. The van der Waals surface area contributed by atoms with Crippen molar-refractivity contribution < 1.29 is 0 Å². The van der Waals surface area contributed by atoms with Gasteiger partial charge in [-0.15, -0.1) is 11.3 Å². The Bertz CT molecular complexity index is 669. The van der Waals surface area contributed by atoms with E-state index >= 15 is 0 Å². The van der Waals surface area contributed by atoms with E-state index in [1.807, 2.05) is 18.5 Å². The minimum absolute atomic E-state index is 0.522. The van der Waals surface area contributed by atoms with Crippen molar-refractivity contribution in [2.75, 3.05) is 11.1 Å². The van der Waals surface area contributed by atoms with E-state index in [9.17, 15) is 0 Å². The molecule has 0 bridgehead atoms. The molecule has 3 rings (SSSR count). The van der Waals surface area contributed by atoms with Gasteiger partial charge in [-0.1, -0.05) is 0 Å². The summed E-state index contributed by atoms with van der Waals surface area (Å²) in [5, 5.41) is 13.9. The Hall–Kier alpha value is -1.93. The second kappa shape index (κ2) is 4.98. The molecule has 19 heavy (non-hydrogen) atoms. The summed E-state index contributed by atoms with van der Waals surface area (Å²) in [7, 11) is 0. The third-order valence-corrected chi connectivity index (χ3v) is 4.36. The maximum atomic E-state index is 5.94. The van der Waals surface area contributed by atoms with Gasteiger partial charge in [-0.25, -0.2) is 4.98 Å². The molecule has 6 nitrogen and oxygen atoms in total. The minimum Gasteiger partial charge on any atom is -0.382 e. The molecule has 98 valence electrons. The SMILES string of the molecule is Cc1csc(-c2c(N)nsc2NCc2cn[nH]c2)n1. The molecule has 0 amide bonds. The molecule has 0 aliphatic carbocycles. The van der Waals surface area contributed by atoms with Gasteiger partial charge in [-0.05, 0) is 18.5 Å². The van der Waals surface area contributed by atoms with E-state index in [1.54, 1.807) is 17.5 Å². The Balaban J connectivity index is 1.86. The number of hydrogen-bond acceptors (Lipinski definition) is 7. The highest BCUT2D eigenvalue weighted by Crippen LogP contribution is 2.38. The van der Waals surface area contributed by atoms with Gasteiger partial charge in [0, 0.05) is 29.4 Å². The highest BCUT2D eigenvalue weighted by molar-refractivity contribution is 7.15. The zero-order valence-electron chi connectivity index (χ0n) is 10.2. The summed E-state index contributed by atoms with van der Waals surface area (Å²) in [5.41, 5.74) is 8.90. The summed E-state index contributed by atoms with van der Waals surface area (Å²) < 4.78 is 4.20. The second-order valence-corrected chi connectivity index (χ2v) is 5.66. The number of nitrogen functional groups attached to an aromatic ring is 1. The predicted octanol–water partition coefficient (Wildman–Crippen LogP) is 2.49. The van der Waals surface area contributed by atoms with Crippen LogP contribution in [0.5, 0.6) is 0 Å². The zero-order chi connectivity index (χ0) is 13.2. The normalized spacial score (nSPS) is 10.8. The molecule has 0 saturated carbocycles. The van der Waals surface area contributed by atoms with Gasteiger partial charge in [0.15, 0.2) is 0 Å². The highest BCUT2D eigenvalue weighted by Gasteiger charge is 2.16. The monoisotopic (exact) mass is 292 g/mol. The Kier molecular flexibility index (Phi) is 3.18. The van der Waals surface area contributed by atoms with Crippen LogP contribution < -0.4 is 11.1 Å². The third kappa shape index (κ3) is 2.45. The smallest absolute Gasteiger partial charge is 0.149 e. The van der Waals surface area contributed by atoms with Crippen LogP contribution in [0.3, 0.4) is 0 Å². The average molecular weight is 292 g/mol. The molecule has 3 aromatic heterocycles. The fourth-order valence-electron chi connectivity index (χ4n) is 1.66. The van der Waals surface area contributed by atoms with Crippen LogP contribution >= 0.6 is 22.9 Å². The first-order valence-electron chi connectivity index (χ1n) is 5.63. The molecular weight excluding hydrogens is 280 g/mol. The number of anilines is 2. The van der Waals surface area contributed by atoms with Crippen LogP contribution in [0.1, 0.15) is 11.3 Å². The number of H-pyrrole nitrogens is 1. The number of rotatable bonds is 4. The van der Waals surface area contributed by atoms with Crippen LogP contribution in [0, 0.1) is 6.92 Å². The van der Waals surface area contributed by atoms with Crippen LogP contribution in [-0.2, 0) is 6.54 Å². The van der Waals surface area contributed by atoms with Gasteiger partial charge >= 0.3 is 0 Å².